The van der Waals surface area contributed by atoms with Gasteiger partial charge in [-0.1, -0.05) is 6.07 Å². The Hall–Kier alpha value is -1.88. The molecule has 0 saturated carbocycles. The number of benzene rings is 1. The van der Waals surface area contributed by atoms with Gasteiger partial charge in [0.05, 0.1) is 0 Å². The monoisotopic (exact) mass is 303 g/mol. The highest BCUT2D eigenvalue weighted by Gasteiger charge is 2.25. The summed E-state index contributed by atoms with van der Waals surface area (Å²) in [7, 11) is 3.45. The molecule has 0 aromatic heterocycles. The Bertz CT molecular complexity index is 569. The van der Waals surface area contributed by atoms with E-state index in [0.29, 0.717) is 17.3 Å². The van der Waals surface area contributed by atoms with Crippen molar-refractivity contribution in [2.24, 2.45) is 5.92 Å². The molecular formula is C17H25N3O2. The highest BCUT2D eigenvalue weighted by atomic mass is 16.2. The van der Waals surface area contributed by atoms with Gasteiger partial charge in [-0.2, -0.15) is 0 Å². The van der Waals surface area contributed by atoms with Crippen LogP contribution in [-0.4, -0.2) is 43.4 Å². The highest BCUT2D eigenvalue weighted by molar-refractivity contribution is 5.98. The van der Waals surface area contributed by atoms with Gasteiger partial charge in [0.15, 0.2) is 0 Å². The van der Waals surface area contributed by atoms with E-state index in [1.165, 1.54) is 0 Å². The summed E-state index contributed by atoms with van der Waals surface area (Å²) < 4.78 is 0. The molecule has 5 heteroatoms. The SMILES string of the molecule is Cc1ccc(NC(=O)[C@H]2CCN[C@@H](C)C2)cc1C(=O)N(C)C. The second kappa shape index (κ2) is 6.92. The van der Waals surface area contributed by atoms with Crippen LogP contribution in [0.1, 0.15) is 35.7 Å². The first-order valence-corrected chi connectivity index (χ1v) is 7.75. The summed E-state index contributed by atoms with van der Waals surface area (Å²) in [5.74, 6) is 0.0232. The summed E-state index contributed by atoms with van der Waals surface area (Å²) in [4.78, 5) is 26.1. The number of hydrogen-bond acceptors (Lipinski definition) is 3. The lowest BCUT2D eigenvalue weighted by Crippen LogP contribution is -2.40. The Balaban J connectivity index is 2.11. The number of anilines is 1. The first-order chi connectivity index (χ1) is 10.4. The molecule has 1 fully saturated rings. The molecule has 1 aliphatic heterocycles. The predicted octanol–water partition coefficient (Wildman–Crippen LogP) is 2.02. The Labute approximate surface area is 132 Å². The van der Waals surface area contributed by atoms with Crippen LogP contribution in [0.25, 0.3) is 0 Å². The van der Waals surface area contributed by atoms with Crippen molar-refractivity contribution in [3.05, 3.63) is 29.3 Å². The van der Waals surface area contributed by atoms with E-state index in [4.69, 9.17) is 0 Å². The van der Waals surface area contributed by atoms with Crippen molar-refractivity contribution in [2.75, 3.05) is 26.0 Å². The molecule has 1 heterocycles. The van der Waals surface area contributed by atoms with E-state index in [-0.39, 0.29) is 17.7 Å². The average Bonchev–Trinajstić information content (AvgIpc) is 2.48. The molecular weight excluding hydrogens is 278 g/mol. The molecule has 0 unspecified atom stereocenters. The second-order valence-corrected chi connectivity index (χ2v) is 6.30. The van der Waals surface area contributed by atoms with E-state index in [0.717, 1.165) is 24.9 Å². The Morgan fingerprint density at radius 2 is 2.05 bits per heavy atom. The molecule has 2 rings (SSSR count). The van der Waals surface area contributed by atoms with Crippen LogP contribution in [0.5, 0.6) is 0 Å². The first-order valence-electron chi connectivity index (χ1n) is 7.75. The fourth-order valence-corrected chi connectivity index (χ4v) is 2.79. The largest absolute Gasteiger partial charge is 0.345 e. The normalized spacial score (nSPS) is 21.3. The molecule has 22 heavy (non-hydrogen) atoms. The van der Waals surface area contributed by atoms with Gasteiger partial charge in [-0.25, -0.2) is 0 Å². The number of rotatable bonds is 3. The van der Waals surface area contributed by atoms with E-state index in [9.17, 15) is 9.59 Å². The van der Waals surface area contributed by atoms with Crippen LogP contribution < -0.4 is 10.6 Å². The van der Waals surface area contributed by atoms with E-state index in [1.54, 1.807) is 25.1 Å². The van der Waals surface area contributed by atoms with E-state index in [2.05, 4.69) is 17.6 Å². The maximum Gasteiger partial charge on any atom is 0.253 e. The van der Waals surface area contributed by atoms with Crippen LogP contribution in [0.3, 0.4) is 0 Å². The van der Waals surface area contributed by atoms with Crippen molar-refractivity contribution in [3.8, 4) is 0 Å². The van der Waals surface area contributed by atoms with Crippen LogP contribution in [0.4, 0.5) is 5.69 Å². The molecule has 2 amide bonds. The average molecular weight is 303 g/mol. The molecule has 0 radical (unpaired) electrons. The fraction of sp³-hybridized carbons (Fsp3) is 0.529. The van der Waals surface area contributed by atoms with Crippen LogP contribution in [-0.2, 0) is 4.79 Å². The molecule has 1 aliphatic rings. The van der Waals surface area contributed by atoms with Crippen molar-refractivity contribution in [1.82, 2.24) is 10.2 Å². The zero-order valence-corrected chi connectivity index (χ0v) is 13.8. The zero-order valence-electron chi connectivity index (χ0n) is 13.8. The van der Waals surface area contributed by atoms with Gasteiger partial charge in [0.25, 0.3) is 5.91 Å². The fourth-order valence-electron chi connectivity index (χ4n) is 2.79. The topological polar surface area (TPSA) is 61.4 Å². The van der Waals surface area contributed by atoms with Gasteiger partial charge in [0, 0.05) is 37.3 Å². The number of nitrogens with zero attached hydrogens (tertiary/aromatic N) is 1. The number of piperidine rings is 1. The minimum absolute atomic E-state index is 0.0329. The molecule has 0 aliphatic carbocycles. The van der Waals surface area contributed by atoms with Crippen molar-refractivity contribution in [3.63, 3.8) is 0 Å². The third kappa shape index (κ3) is 3.85. The molecule has 5 nitrogen and oxygen atoms in total. The molecule has 0 bridgehead atoms. The second-order valence-electron chi connectivity index (χ2n) is 6.30. The third-order valence-corrected chi connectivity index (χ3v) is 4.14. The quantitative estimate of drug-likeness (QED) is 0.898. The van der Waals surface area contributed by atoms with E-state index in [1.807, 2.05) is 19.1 Å². The van der Waals surface area contributed by atoms with Crippen molar-refractivity contribution in [2.45, 2.75) is 32.7 Å². The molecule has 1 aromatic rings. The van der Waals surface area contributed by atoms with Crippen LogP contribution in [0.15, 0.2) is 18.2 Å². The standard InChI is InChI=1S/C17H25N3O2/c1-11-5-6-14(10-15(11)17(22)20(3)4)19-16(21)13-7-8-18-12(2)9-13/h5-6,10,12-13,18H,7-9H2,1-4H3,(H,19,21)/t12-,13-/m0/s1. The van der Waals surface area contributed by atoms with E-state index < -0.39 is 0 Å². The number of nitrogens with one attached hydrogen (secondary N) is 2. The lowest BCUT2D eigenvalue weighted by atomic mass is 9.92. The third-order valence-electron chi connectivity index (χ3n) is 4.14. The lowest BCUT2D eigenvalue weighted by Gasteiger charge is -2.27. The highest BCUT2D eigenvalue weighted by Crippen LogP contribution is 2.21. The van der Waals surface area contributed by atoms with Crippen LogP contribution >= 0.6 is 0 Å². The maximum absolute atomic E-state index is 12.4. The number of carbonyl (C=O) groups excluding carboxylic acids is 2. The predicted molar refractivity (Wildman–Crippen MR) is 88.0 cm³/mol. The number of amides is 2. The Morgan fingerprint density at radius 3 is 2.68 bits per heavy atom. The maximum atomic E-state index is 12.4. The minimum Gasteiger partial charge on any atom is -0.345 e. The number of carbonyl (C=O) groups is 2. The summed E-state index contributed by atoms with van der Waals surface area (Å²) in [6, 6.07) is 5.86. The van der Waals surface area contributed by atoms with Crippen molar-refractivity contribution < 1.29 is 9.59 Å². The summed E-state index contributed by atoms with van der Waals surface area (Å²) in [5, 5.41) is 6.30. The van der Waals surface area contributed by atoms with E-state index >= 15 is 0 Å². The minimum atomic E-state index is -0.0518. The van der Waals surface area contributed by atoms with Crippen molar-refractivity contribution >= 4 is 17.5 Å². The molecule has 2 atom stereocenters. The van der Waals surface area contributed by atoms with Crippen molar-refractivity contribution in [1.29, 1.82) is 0 Å². The van der Waals surface area contributed by atoms with Gasteiger partial charge in [0.1, 0.15) is 0 Å². The zero-order chi connectivity index (χ0) is 16.3. The first kappa shape index (κ1) is 16.5. The van der Waals surface area contributed by atoms with Gasteiger partial charge in [-0.15, -0.1) is 0 Å². The summed E-state index contributed by atoms with van der Waals surface area (Å²) in [6.45, 7) is 4.87. The summed E-state index contributed by atoms with van der Waals surface area (Å²) in [6.07, 6.45) is 1.70. The van der Waals surface area contributed by atoms with Crippen LogP contribution in [0, 0.1) is 12.8 Å². The smallest absolute Gasteiger partial charge is 0.253 e. The van der Waals surface area contributed by atoms with Crippen LogP contribution in [0.2, 0.25) is 0 Å². The van der Waals surface area contributed by atoms with Gasteiger partial charge in [0.2, 0.25) is 5.91 Å². The summed E-state index contributed by atoms with van der Waals surface area (Å²) >= 11 is 0. The molecule has 120 valence electrons. The van der Waals surface area contributed by atoms with Gasteiger partial charge < -0.3 is 15.5 Å². The number of hydrogen-bond donors (Lipinski definition) is 2. The molecule has 2 N–H and O–H groups in total. The van der Waals surface area contributed by atoms with Gasteiger partial charge in [-0.3, -0.25) is 9.59 Å². The van der Waals surface area contributed by atoms with Gasteiger partial charge in [-0.05, 0) is 50.9 Å². The van der Waals surface area contributed by atoms with Gasteiger partial charge >= 0.3 is 0 Å². The summed E-state index contributed by atoms with van der Waals surface area (Å²) in [5.41, 5.74) is 2.22. The molecule has 0 spiro atoms. The Kier molecular flexibility index (Phi) is 5.19. The Morgan fingerprint density at radius 1 is 1.32 bits per heavy atom. The molecule has 1 aromatic carbocycles. The number of aryl methyl sites for hydroxylation is 1. The lowest BCUT2D eigenvalue weighted by molar-refractivity contribution is -0.120. The molecule has 1 saturated heterocycles.